The summed E-state index contributed by atoms with van der Waals surface area (Å²) in [6, 6.07) is 11.4. The lowest BCUT2D eigenvalue weighted by molar-refractivity contribution is 0.0985. The molecule has 0 saturated heterocycles. The van der Waals surface area contributed by atoms with E-state index in [0.717, 1.165) is 18.5 Å². The number of methoxy groups -OCH3 is 1. The van der Waals surface area contributed by atoms with Crippen LogP contribution >= 0.6 is 12.2 Å². The fourth-order valence-electron chi connectivity index (χ4n) is 4.05. The Morgan fingerprint density at radius 3 is 2.87 bits per heavy atom. The minimum Gasteiger partial charge on any atom is -0.385 e. The summed E-state index contributed by atoms with van der Waals surface area (Å²) in [5, 5.41) is 0.521. The van der Waals surface area contributed by atoms with Gasteiger partial charge in [0, 0.05) is 38.1 Å². The first-order valence-corrected chi connectivity index (χ1v) is 10.6. The fraction of sp³-hybridized carbons (Fsp3) is 0.348. The molecule has 1 aliphatic rings. The molecule has 1 aromatic heterocycles. The Kier molecular flexibility index (Phi) is 5.83. The minimum absolute atomic E-state index is 0.0645. The van der Waals surface area contributed by atoms with Gasteiger partial charge in [0.2, 0.25) is 0 Å². The number of carbonyl (C=O) groups excluding carboxylic acids is 1. The van der Waals surface area contributed by atoms with Gasteiger partial charge >= 0.3 is 0 Å². The van der Waals surface area contributed by atoms with Gasteiger partial charge in [0.1, 0.15) is 0 Å². The number of rotatable bonds is 5. The van der Waals surface area contributed by atoms with Gasteiger partial charge in [-0.25, -0.2) is 0 Å². The second kappa shape index (κ2) is 8.53. The number of hydrogen-bond donors (Lipinski definition) is 1. The molecular weight excluding hydrogens is 398 g/mol. The largest absolute Gasteiger partial charge is 0.385 e. The van der Waals surface area contributed by atoms with Crippen molar-refractivity contribution in [3.05, 3.63) is 68.2 Å². The molecule has 0 spiro atoms. The second-order valence-corrected chi connectivity index (χ2v) is 8.07. The van der Waals surface area contributed by atoms with Crippen LogP contribution in [0.5, 0.6) is 0 Å². The number of carbonyl (C=O) groups is 1. The molecule has 0 radical (unpaired) electrons. The van der Waals surface area contributed by atoms with E-state index in [2.05, 4.69) is 18.0 Å². The smallest absolute Gasteiger partial charge is 0.262 e. The molecule has 2 heterocycles. The molecule has 156 valence electrons. The van der Waals surface area contributed by atoms with Gasteiger partial charge in [-0.15, -0.1) is 0 Å². The number of aryl methyl sites for hydroxylation is 2. The van der Waals surface area contributed by atoms with E-state index in [-0.39, 0.29) is 11.5 Å². The average Bonchev–Trinajstić information content (AvgIpc) is 2.74. The Bertz CT molecular complexity index is 1230. The first-order chi connectivity index (χ1) is 14.5. The quantitative estimate of drug-likeness (QED) is 0.498. The number of nitrogens with zero attached hydrogens (tertiary/aromatic N) is 2. The van der Waals surface area contributed by atoms with Crippen LogP contribution < -0.4 is 10.5 Å². The number of aromatic amines is 1. The Morgan fingerprint density at radius 1 is 1.23 bits per heavy atom. The number of benzene rings is 2. The van der Waals surface area contributed by atoms with Gasteiger partial charge in [-0.2, -0.15) is 0 Å². The van der Waals surface area contributed by atoms with Gasteiger partial charge in [-0.3, -0.25) is 14.2 Å². The molecule has 6 nitrogen and oxygen atoms in total. The average molecular weight is 424 g/mol. The molecule has 3 aromatic rings. The minimum atomic E-state index is -0.150. The molecule has 7 heteroatoms. The van der Waals surface area contributed by atoms with E-state index < -0.39 is 0 Å². The summed E-state index contributed by atoms with van der Waals surface area (Å²) in [6.45, 7) is 3.80. The van der Waals surface area contributed by atoms with Gasteiger partial charge in [0.25, 0.3) is 11.5 Å². The van der Waals surface area contributed by atoms with Crippen molar-refractivity contribution in [3.8, 4) is 0 Å². The van der Waals surface area contributed by atoms with Gasteiger partial charge in [-0.1, -0.05) is 17.7 Å². The summed E-state index contributed by atoms with van der Waals surface area (Å²) in [5.41, 5.74) is 4.34. The number of aromatic nitrogens is 2. The monoisotopic (exact) mass is 423 g/mol. The maximum absolute atomic E-state index is 13.3. The summed E-state index contributed by atoms with van der Waals surface area (Å²) in [4.78, 5) is 31.1. The van der Waals surface area contributed by atoms with E-state index in [1.54, 1.807) is 29.9 Å². The topological polar surface area (TPSA) is 67.3 Å². The maximum atomic E-state index is 13.3. The van der Waals surface area contributed by atoms with E-state index >= 15 is 0 Å². The number of amides is 1. The van der Waals surface area contributed by atoms with Crippen LogP contribution in [-0.2, 0) is 17.7 Å². The van der Waals surface area contributed by atoms with E-state index in [1.807, 2.05) is 17.0 Å². The van der Waals surface area contributed by atoms with E-state index in [0.29, 0.717) is 47.4 Å². The van der Waals surface area contributed by atoms with Crippen molar-refractivity contribution < 1.29 is 9.53 Å². The predicted octanol–water partition coefficient (Wildman–Crippen LogP) is 4.00. The van der Waals surface area contributed by atoms with Crippen molar-refractivity contribution >= 4 is 34.7 Å². The highest BCUT2D eigenvalue weighted by molar-refractivity contribution is 7.71. The first-order valence-electron chi connectivity index (χ1n) is 10.2. The number of ether oxygens (including phenoxy) is 1. The third-order valence-corrected chi connectivity index (χ3v) is 5.88. The van der Waals surface area contributed by atoms with E-state index in [1.165, 1.54) is 11.1 Å². The lowest BCUT2D eigenvalue weighted by atomic mass is 9.98. The lowest BCUT2D eigenvalue weighted by Crippen LogP contribution is -2.35. The van der Waals surface area contributed by atoms with Crippen LogP contribution in [0.15, 0.2) is 41.2 Å². The van der Waals surface area contributed by atoms with Crippen molar-refractivity contribution in [3.63, 3.8) is 0 Å². The molecule has 0 fully saturated rings. The summed E-state index contributed by atoms with van der Waals surface area (Å²) in [7, 11) is 1.63. The maximum Gasteiger partial charge on any atom is 0.262 e. The number of anilines is 1. The zero-order chi connectivity index (χ0) is 21.3. The molecule has 0 atom stereocenters. The lowest BCUT2D eigenvalue weighted by Gasteiger charge is -2.30. The molecule has 4 rings (SSSR count). The fourth-order valence-corrected chi connectivity index (χ4v) is 4.33. The molecule has 30 heavy (non-hydrogen) atoms. The molecule has 0 unspecified atom stereocenters. The Balaban J connectivity index is 1.69. The molecular formula is C23H25N3O3S. The van der Waals surface area contributed by atoms with Gasteiger partial charge in [0.05, 0.1) is 10.9 Å². The normalized spacial score (nSPS) is 13.5. The van der Waals surface area contributed by atoms with Crippen LogP contribution in [0.1, 0.15) is 34.3 Å². The summed E-state index contributed by atoms with van der Waals surface area (Å²) in [6.07, 6.45) is 2.61. The van der Waals surface area contributed by atoms with Gasteiger partial charge in [-0.05, 0) is 68.2 Å². The zero-order valence-electron chi connectivity index (χ0n) is 17.2. The molecule has 0 saturated carbocycles. The molecule has 1 N–H and O–H groups in total. The summed E-state index contributed by atoms with van der Waals surface area (Å²) < 4.78 is 6.96. The highest BCUT2D eigenvalue weighted by atomic mass is 32.1. The summed E-state index contributed by atoms with van der Waals surface area (Å²) in [5.74, 6) is -0.0645. The highest BCUT2D eigenvalue weighted by Gasteiger charge is 2.24. The number of fused-ring (bicyclic) bond motifs is 2. The number of hydrogen-bond acceptors (Lipinski definition) is 4. The van der Waals surface area contributed by atoms with E-state index in [9.17, 15) is 9.59 Å². The standard InChI is InChI=1S/C23H25N3O3S/c1-15-6-9-20-16(13-15)5-3-10-25(20)21(27)17-7-8-18-19(14-17)24-23(30)26(22(18)28)11-4-12-29-2/h6-9,13-14H,3-5,10-12H2,1-2H3,(H,24,30). The zero-order valence-corrected chi connectivity index (χ0v) is 18.1. The van der Waals surface area contributed by atoms with Crippen LogP contribution in [0.2, 0.25) is 0 Å². The number of H-pyrrole nitrogens is 1. The van der Waals surface area contributed by atoms with Crippen molar-refractivity contribution in [1.82, 2.24) is 9.55 Å². The van der Waals surface area contributed by atoms with E-state index in [4.69, 9.17) is 17.0 Å². The number of nitrogens with one attached hydrogen (secondary N) is 1. The SMILES string of the molecule is COCCCn1c(=S)[nH]c2cc(C(=O)N3CCCc4cc(C)ccc43)ccc2c1=O. The van der Waals surface area contributed by atoms with Crippen LogP contribution in [0.25, 0.3) is 10.9 Å². The third-order valence-electron chi connectivity index (χ3n) is 5.56. The Morgan fingerprint density at radius 2 is 2.07 bits per heavy atom. The van der Waals surface area contributed by atoms with Crippen LogP contribution in [0.3, 0.4) is 0 Å². The Hall–Kier alpha value is -2.77. The van der Waals surface area contributed by atoms with Gasteiger partial charge in [0.15, 0.2) is 4.77 Å². The van der Waals surface area contributed by atoms with Crippen LogP contribution in [0.4, 0.5) is 5.69 Å². The van der Waals surface area contributed by atoms with Crippen LogP contribution in [-0.4, -0.2) is 35.7 Å². The van der Waals surface area contributed by atoms with Gasteiger partial charge < -0.3 is 14.6 Å². The summed E-state index contributed by atoms with van der Waals surface area (Å²) >= 11 is 5.39. The Labute approximate surface area is 180 Å². The van der Waals surface area contributed by atoms with Crippen molar-refractivity contribution in [2.75, 3.05) is 25.2 Å². The molecule has 0 aliphatic carbocycles. The highest BCUT2D eigenvalue weighted by Crippen LogP contribution is 2.29. The van der Waals surface area contributed by atoms with Crippen LogP contribution in [0, 0.1) is 11.7 Å². The molecule has 0 bridgehead atoms. The first kappa shape index (κ1) is 20.5. The van der Waals surface area contributed by atoms with Crippen molar-refractivity contribution in [2.45, 2.75) is 32.7 Å². The second-order valence-electron chi connectivity index (χ2n) is 7.69. The molecule has 1 amide bonds. The van der Waals surface area contributed by atoms with Crippen molar-refractivity contribution in [1.29, 1.82) is 0 Å². The predicted molar refractivity (Wildman–Crippen MR) is 121 cm³/mol. The molecule has 1 aliphatic heterocycles. The molecule has 2 aromatic carbocycles. The third kappa shape index (κ3) is 3.82. The van der Waals surface area contributed by atoms with Crippen molar-refractivity contribution in [2.24, 2.45) is 0 Å².